The van der Waals surface area contributed by atoms with Gasteiger partial charge in [-0.25, -0.2) is 8.42 Å². The maximum absolute atomic E-state index is 11.7. The minimum absolute atomic E-state index is 0.468. The van der Waals surface area contributed by atoms with E-state index in [0.717, 1.165) is 12.0 Å². The van der Waals surface area contributed by atoms with Gasteiger partial charge in [-0.05, 0) is 36.4 Å². The van der Waals surface area contributed by atoms with Crippen molar-refractivity contribution in [2.24, 2.45) is 0 Å². The number of sulfonamides is 1. The summed E-state index contributed by atoms with van der Waals surface area (Å²) in [5.41, 5.74) is 0.482. The number of hydrogen-bond acceptors (Lipinski definition) is 4. The minimum Gasteiger partial charge on any atom is -0.497 e. The molecule has 0 aromatic heterocycles. The van der Waals surface area contributed by atoms with Gasteiger partial charge in [0.15, 0.2) is 5.75 Å². The first-order valence-corrected chi connectivity index (χ1v) is 8.11. The third-order valence-corrected chi connectivity index (χ3v) is 4.18. The number of para-hydroxylation sites is 2. The molecule has 0 saturated carbocycles. The summed E-state index contributed by atoms with van der Waals surface area (Å²) < 4.78 is 35.4. The second-order valence-corrected chi connectivity index (χ2v) is 6.49. The molecule has 0 atom stereocenters. The van der Waals surface area contributed by atoms with Crippen molar-refractivity contribution in [3.8, 4) is 17.2 Å². The molecule has 0 fully saturated rings. The molecule has 0 N–H and O–H groups in total. The maximum atomic E-state index is 11.7. The molecule has 0 unspecified atom stereocenters. The largest absolute Gasteiger partial charge is 0.497 e. The molecular weight excluding hydrogens is 290 g/mol. The average Bonchev–Trinajstić information content (AvgIpc) is 2.47. The molecule has 0 aliphatic heterocycles. The Balaban J connectivity index is 2.32. The fraction of sp³-hybridized carbons (Fsp3) is 0.200. The molecule has 0 bridgehead atoms. The summed E-state index contributed by atoms with van der Waals surface area (Å²) in [5, 5.41) is 0. The Morgan fingerprint density at radius 1 is 0.952 bits per heavy atom. The Morgan fingerprint density at radius 3 is 2.10 bits per heavy atom. The van der Waals surface area contributed by atoms with Crippen LogP contribution >= 0.6 is 0 Å². The van der Waals surface area contributed by atoms with Crippen molar-refractivity contribution < 1.29 is 17.9 Å². The number of methoxy groups -OCH3 is 1. The summed E-state index contributed by atoms with van der Waals surface area (Å²) >= 11 is 0. The van der Waals surface area contributed by atoms with Crippen LogP contribution in [0.1, 0.15) is 0 Å². The monoisotopic (exact) mass is 307 g/mol. The Kier molecular flexibility index (Phi) is 4.37. The van der Waals surface area contributed by atoms with Crippen molar-refractivity contribution in [3.63, 3.8) is 0 Å². The molecule has 0 aliphatic rings. The van der Waals surface area contributed by atoms with Crippen LogP contribution in [0.3, 0.4) is 0 Å². The van der Waals surface area contributed by atoms with Crippen LogP contribution in [0.4, 0.5) is 5.69 Å². The van der Waals surface area contributed by atoms with Gasteiger partial charge in [0.05, 0.1) is 19.1 Å². The zero-order valence-electron chi connectivity index (χ0n) is 12.1. The lowest BCUT2D eigenvalue weighted by molar-refractivity contribution is 0.413. The van der Waals surface area contributed by atoms with Crippen LogP contribution in [-0.2, 0) is 10.0 Å². The number of rotatable bonds is 5. The molecule has 0 saturated heterocycles. The molecule has 6 heteroatoms. The lowest BCUT2D eigenvalue weighted by Gasteiger charge is -2.20. The molecule has 2 aromatic carbocycles. The van der Waals surface area contributed by atoms with E-state index in [9.17, 15) is 8.42 Å². The van der Waals surface area contributed by atoms with Crippen LogP contribution in [0.25, 0.3) is 0 Å². The summed E-state index contributed by atoms with van der Waals surface area (Å²) in [6.07, 6.45) is 1.15. The van der Waals surface area contributed by atoms with Gasteiger partial charge in [-0.3, -0.25) is 4.31 Å². The first kappa shape index (κ1) is 15.2. The summed E-state index contributed by atoms with van der Waals surface area (Å²) in [6.45, 7) is 0. The lowest BCUT2D eigenvalue weighted by Crippen LogP contribution is -2.25. The second-order valence-electron chi connectivity index (χ2n) is 4.48. The SMILES string of the molecule is COc1ccc(Oc2ccccc2N(C)S(C)(=O)=O)cc1. The van der Waals surface area contributed by atoms with E-state index < -0.39 is 10.0 Å². The van der Waals surface area contributed by atoms with Gasteiger partial charge in [-0.2, -0.15) is 0 Å². The van der Waals surface area contributed by atoms with E-state index in [4.69, 9.17) is 9.47 Å². The summed E-state index contributed by atoms with van der Waals surface area (Å²) in [7, 11) is -0.267. The number of anilines is 1. The molecule has 2 aromatic rings. The predicted molar refractivity (Wildman–Crippen MR) is 82.8 cm³/mol. The predicted octanol–water partition coefficient (Wildman–Crippen LogP) is 2.88. The fourth-order valence-corrected chi connectivity index (χ4v) is 2.26. The number of benzene rings is 2. The summed E-state index contributed by atoms with van der Waals surface area (Å²) in [5.74, 6) is 1.80. The third-order valence-electron chi connectivity index (χ3n) is 2.99. The lowest BCUT2D eigenvalue weighted by atomic mass is 10.3. The van der Waals surface area contributed by atoms with E-state index in [0.29, 0.717) is 17.2 Å². The van der Waals surface area contributed by atoms with Crippen LogP contribution in [0.2, 0.25) is 0 Å². The molecule has 2 rings (SSSR count). The van der Waals surface area contributed by atoms with Gasteiger partial charge in [0.1, 0.15) is 11.5 Å². The Morgan fingerprint density at radius 2 is 1.52 bits per heavy atom. The zero-order valence-corrected chi connectivity index (χ0v) is 12.9. The fourth-order valence-electron chi connectivity index (χ4n) is 1.75. The molecular formula is C15H17NO4S. The van der Waals surface area contributed by atoms with Crippen molar-refractivity contribution in [1.82, 2.24) is 0 Å². The molecule has 112 valence electrons. The maximum Gasteiger partial charge on any atom is 0.232 e. The highest BCUT2D eigenvalue weighted by Crippen LogP contribution is 2.33. The van der Waals surface area contributed by atoms with E-state index in [1.54, 1.807) is 55.6 Å². The molecule has 21 heavy (non-hydrogen) atoms. The first-order valence-electron chi connectivity index (χ1n) is 6.26. The molecule has 0 radical (unpaired) electrons. The Hall–Kier alpha value is -2.21. The number of hydrogen-bond donors (Lipinski definition) is 0. The number of ether oxygens (including phenoxy) is 2. The van der Waals surface area contributed by atoms with Gasteiger partial charge in [0.2, 0.25) is 10.0 Å². The molecule has 0 aliphatic carbocycles. The van der Waals surface area contributed by atoms with Gasteiger partial charge in [0.25, 0.3) is 0 Å². The Labute approximate surface area is 124 Å². The van der Waals surface area contributed by atoms with Crippen molar-refractivity contribution in [2.45, 2.75) is 0 Å². The standard InChI is InChI=1S/C15H17NO4S/c1-16(21(3,17)18)14-6-4-5-7-15(14)20-13-10-8-12(19-2)9-11-13/h4-11H,1-3H3. The van der Waals surface area contributed by atoms with E-state index in [1.807, 2.05) is 0 Å². The second kappa shape index (κ2) is 6.05. The van der Waals surface area contributed by atoms with E-state index >= 15 is 0 Å². The smallest absolute Gasteiger partial charge is 0.232 e. The summed E-state index contributed by atoms with van der Waals surface area (Å²) in [4.78, 5) is 0. The molecule has 0 spiro atoms. The topological polar surface area (TPSA) is 55.8 Å². The van der Waals surface area contributed by atoms with E-state index in [1.165, 1.54) is 11.4 Å². The normalized spacial score (nSPS) is 11.0. The highest BCUT2D eigenvalue weighted by Gasteiger charge is 2.16. The van der Waals surface area contributed by atoms with Crippen LogP contribution < -0.4 is 13.8 Å². The van der Waals surface area contributed by atoms with Crippen LogP contribution in [-0.4, -0.2) is 28.8 Å². The molecule has 0 heterocycles. The third kappa shape index (κ3) is 3.66. The number of nitrogens with zero attached hydrogens (tertiary/aromatic N) is 1. The zero-order chi connectivity index (χ0) is 15.5. The highest BCUT2D eigenvalue weighted by molar-refractivity contribution is 7.92. The van der Waals surface area contributed by atoms with Gasteiger partial charge in [0, 0.05) is 7.05 Å². The van der Waals surface area contributed by atoms with Crippen molar-refractivity contribution in [1.29, 1.82) is 0 Å². The summed E-state index contributed by atoms with van der Waals surface area (Å²) in [6, 6.07) is 14.0. The van der Waals surface area contributed by atoms with Crippen molar-refractivity contribution in [3.05, 3.63) is 48.5 Å². The van der Waals surface area contributed by atoms with Gasteiger partial charge in [-0.1, -0.05) is 12.1 Å². The molecule has 5 nitrogen and oxygen atoms in total. The van der Waals surface area contributed by atoms with E-state index in [-0.39, 0.29) is 0 Å². The van der Waals surface area contributed by atoms with Crippen LogP contribution in [0, 0.1) is 0 Å². The minimum atomic E-state index is -3.35. The van der Waals surface area contributed by atoms with Crippen molar-refractivity contribution >= 4 is 15.7 Å². The van der Waals surface area contributed by atoms with Crippen molar-refractivity contribution in [2.75, 3.05) is 24.7 Å². The first-order chi connectivity index (χ1) is 9.91. The average molecular weight is 307 g/mol. The Bertz CT molecular complexity index is 711. The van der Waals surface area contributed by atoms with E-state index in [2.05, 4.69) is 0 Å². The van der Waals surface area contributed by atoms with Gasteiger partial charge < -0.3 is 9.47 Å². The van der Waals surface area contributed by atoms with Gasteiger partial charge in [-0.15, -0.1) is 0 Å². The molecule has 0 amide bonds. The highest BCUT2D eigenvalue weighted by atomic mass is 32.2. The van der Waals surface area contributed by atoms with Crippen LogP contribution in [0.5, 0.6) is 17.2 Å². The van der Waals surface area contributed by atoms with Gasteiger partial charge >= 0.3 is 0 Å². The quantitative estimate of drug-likeness (QED) is 0.852. The van der Waals surface area contributed by atoms with Crippen LogP contribution in [0.15, 0.2) is 48.5 Å².